The zero-order chi connectivity index (χ0) is 12.3. The van der Waals surface area contributed by atoms with Gasteiger partial charge in [0.1, 0.15) is 10.00 Å². The molecule has 0 unspecified atom stereocenters. The number of aromatic nitrogens is 1. The summed E-state index contributed by atoms with van der Waals surface area (Å²) >= 11 is 6.65. The molecule has 0 saturated heterocycles. The predicted octanol–water partition coefficient (Wildman–Crippen LogP) is 2.70. The third kappa shape index (κ3) is 3.01. The Morgan fingerprint density at radius 1 is 1.53 bits per heavy atom. The number of hydrogen-bond acceptors (Lipinski definition) is 4. The van der Waals surface area contributed by atoms with E-state index in [1.54, 1.807) is 17.5 Å². The lowest BCUT2D eigenvalue weighted by atomic mass is 10.1. The summed E-state index contributed by atoms with van der Waals surface area (Å²) in [5, 5.41) is 6.32. The van der Waals surface area contributed by atoms with E-state index >= 15 is 0 Å². The van der Waals surface area contributed by atoms with Gasteiger partial charge in [0.25, 0.3) is 0 Å². The van der Waals surface area contributed by atoms with Crippen molar-refractivity contribution in [2.45, 2.75) is 13.5 Å². The molecule has 0 aliphatic carbocycles. The third-order valence-electron chi connectivity index (χ3n) is 2.35. The Hall–Kier alpha value is -1.46. The summed E-state index contributed by atoms with van der Waals surface area (Å²) in [6.07, 6.45) is 1.80. The zero-order valence-electron chi connectivity index (χ0n) is 9.43. The molecule has 5 heteroatoms. The van der Waals surface area contributed by atoms with Crippen LogP contribution in [0.1, 0.15) is 16.1 Å². The third-order valence-corrected chi connectivity index (χ3v) is 3.35. The monoisotopic (exact) mass is 263 g/mol. The van der Waals surface area contributed by atoms with Gasteiger partial charge in [0.2, 0.25) is 0 Å². The number of nitrogens with zero attached hydrogens (tertiary/aromatic N) is 1. The minimum atomic E-state index is 0.409. The molecule has 3 nitrogen and oxygen atoms in total. The summed E-state index contributed by atoms with van der Waals surface area (Å²) in [6.45, 7) is 2.73. The number of rotatable bonds is 4. The molecule has 1 aromatic carbocycles. The second-order valence-electron chi connectivity index (χ2n) is 3.69. The smallest absolute Gasteiger partial charge is 0.112 e. The Bertz CT molecular complexity index is 521. The van der Waals surface area contributed by atoms with Crippen LogP contribution >= 0.6 is 23.6 Å². The van der Waals surface area contributed by atoms with Crippen LogP contribution in [0.4, 0.5) is 5.69 Å². The van der Waals surface area contributed by atoms with Crippen LogP contribution in [0, 0.1) is 6.92 Å². The van der Waals surface area contributed by atoms with Crippen LogP contribution in [0.2, 0.25) is 0 Å². The molecule has 0 atom stereocenters. The highest BCUT2D eigenvalue weighted by atomic mass is 32.1. The molecule has 0 bridgehead atoms. The van der Waals surface area contributed by atoms with Crippen LogP contribution < -0.4 is 11.1 Å². The maximum atomic E-state index is 5.69. The number of thiocarbonyl (C=S) groups is 1. The average molecular weight is 263 g/mol. The zero-order valence-corrected chi connectivity index (χ0v) is 11.1. The molecule has 1 aromatic heterocycles. The lowest BCUT2D eigenvalue weighted by molar-refractivity contribution is 1.10. The van der Waals surface area contributed by atoms with Crippen molar-refractivity contribution in [2.75, 3.05) is 5.32 Å². The Balaban J connectivity index is 2.19. The van der Waals surface area contributed by atoms with Crippen molar-refractivity contribution in [3.05, 3.63) is 45.9 Å². The van der Waals surface area contributed by atoms with Crippen LogP contribution in [0.25, 0.3) is 0 Å². The molecule has 0 radical (unpaired) electrons. The lowest BCUT2D eigenvalue weighted by Gasteiger charge is -2.11. The Labute approximate surface area is 110 Å². The van der Waals surface area contributed by atoms with Gasteiger partial charge >= 0.3 is 0 Å². The second kappa shape index (κ2) is 5.25. The standard InChI is InChI=1S/C12H13N3S2/c1-8-2-3-9(12(13)16)10(6-8)15-7-11-14-4-5-17-11/h2-6,15H,7H2,1H3,(H2,13,16). The first kappa shape index (κ1) is 12.0. The molecular weight excluding hydrogens is 250 g/mol. The number of hydrogen-bond donors (Lipinski definition) is 2. The van der Waals surface area contributed by atoms with Gasteiger partial charge in [-0.05, 0) is 24.6 Å². The average Bonchev–Trinajstić information content (AvgIpc) is 2.78. The highest BCUT2D eigenvalue weighted by Crippen LogP contribution is 2.19. The summed E-state index contributed by atoms with van der Waals surface area (Å²) in [7, 11) is 0. The van der Waals surface area contributed by atoms with Gasteiger partial charge in [0.05, 0.1) is 6.54 Å². The van der Waals surface area contributed by atoms with Crippen molar-refractivity contribution in [2.24, 2.45) is 5.73 Å². The number of anilines is 1. The Morgan fingerprint density at radius 3 is 3.00 bits per heavy atom. The summed E-state index contributed by atoms with van der Waals surface area (Å²) in [5.74, 6) is 0. The number of thiazole rings is 1. The topological polar surface area (TPSA) is 50.9 Å². The number of nitrogens with one attached hydrogen (secondary N) is 1. The van der Waals surface area contributed by atoms with E-state index in [-0.39, 0.29) is 0 Å². The highest BCUT2D eigenvalue weighted by Gasteiger charge is 2.05. The quantitative estimate of drug-likeness (QED) is 0.833. The first-order valence-electron chi connectivity index (χ1n) is 5.19. The molecule has 17 heavy (non-hydrogen) atoms. The van der Waals surface area contributed by atoms with E-state index < -0.39 is 0 Å². The number of benzene rings is 1. The minimum absolute atomic E-state index is 0.409. The van der Waals surface area contributed by atoms with Crippen molar-refractivity contribution in [3.8, 4) is 0 Å². The molecule has 0 saturated carbocycles. The van der Waals surface area contributed by atoms with E-state index in [4.69, 9.17) is 18.0 Å². The van der Waals surface area contributed by atoms with E-state index in [0.717, 1.165) is 16.3 Å². The van der Waals surface area contributed by atoms with Crippen LogP contribution in [-0.2, 0) is 6.54 Å². The molecule has 0 amide bonds. The summed E-state index contributed by atoms with van der Waals surface area (Å²) in [4.78, 5) is 4.63. The molecule has 3 N–H and O–H groups in total. The van der Waals surface area contributed by atoms with Crippen molar-refractivity contribution >= 4 is 34.2 Å². The molecule has 2 aromatic rings. The summed E-state index contributed by atoms with van der Waals surface area (Å²) < 4.78 is 0. The maximum Gasteiger partial charge on any atom is 0.112 e. The maximum absolute atomic E-state index is 5.69. The molecule has 0 aliphatic heterocycles. The predicted molar refractivity (Wildman–Crippen MR) is 76.5 cm³/mol. The molecule has 0 aliphatic rings. The molecule has 0 spiro atoms. The lowest BCUT2D eigenvalue weighted by Crippen LogP contribution is -2.13. The van der Waals surface area contributed by atoms with Crippen LogP contribution in [-0.4, -0.2) is 9.97 Å². The van der Waals surface area contributed by atoms with Gasteiger partial charge in [-0.15, -0.1) is 11.3 Å². The normalized spacial score (nSPS) is 10.2. The van der Waals surface area contributed by atoms with Gasteiger partial charge < -0.3 is 11.1 Å². The molecule has 2 rings (SSSR count). The first-order valence-corrected chi connectivity index (χ1v) is 6.48. The van der Waals surface area contributed by atoms with Crippen molar-refractivity contribution in [1.29, 1.82) is 0 Å². The second-order valence-corrected chi connectivity index (χ2v) is 5.11. The fraction of sp³-hybridized carbons (Fsp3) is 0.167. The van der Waals surface area contributed by atoms with E-state index in [1.165, 1.54) is 5.56 Å². The van der Waals surface area contributed by atoms with Crippen LogP contribution in [0.5, 0.6) is 0 Å². The van der Waals surface area contributed by atoms with Gasteiger partial charge in [-0.3, -0.25) is 0 Å². The summed E-state index contributed by atoms with van der Waals surface area (Å²) in [6, 6.07) is 5.99. The Morgan fingerprint density at radius 2 is 2.35 bits per heavy atom. The highest BCUT2D eigenvalue weighted by molar-refractivity contribution is 7.80. The number of aryl methyl sites for hydroxylation is 1. The molecule has 0 fully saturated rings. The van der Waals surface area contributed by atoms with Crippen molar-refractivity contribution < 1.29 is 0 Å². The Kier molecular flexibility index (Phi) is 3.71. The van der Waals surface area contributed by atoms with E-state index in [0.29, 0.717) is 11.5 Å². The molecular formula is C12H13N3S2. The van der Waals surface area contributed by atoms with Crippen molar-refractivity contribution in [3.63, 3.8) is 0 Å². The fourth-order valence-electron chi connectivity index (χ4n) is 1.53. The van der Waals surface area contributed by atoms with Gasteiger partial charge in [-0.25, -0.2) is 4.98 Å². The first-order chi connectivity index (χ1) is 8.16. The molecule has 1 heterocycles. The summed E-state index contributed by atoms with van der Waals surface area (Å²) in [5.41, 5.74) is 8.71. The number of nitrogens with two attached hydrogens (primary N) is 1. The van der Waals surface area contributed by atoms with Gasteiger partial charge in [0, 0.05) is 22.8 Å². The van der Waals surface area contributed by atoms with Gasteiger partial charge in [-0.2, -0.15) is 0 Å². The SMILES string of the molecule is Cc1ccc(C(N)=S)c(NCc2nccs2)c1. The van der Waals surface area contributed by atoms with E-state index in [2.05, 4.69) is 10.3 Å². The van der Waals surface area contributed by atoms with Crippen molar-refractivity contribution in [1.82, 2.24) is 4.98 Å². The van der Waals surface area contributed by atoms with E-state index in [9.17, 15) is 0 Å². The molecule has 88 valence electrons. The fourth-order valence-corrected chi connectivity index (χ4v) is 2.26. The van der Waals surface area contributed by atoms with Gasteiger partial charge in [-0.1, -0.05) is 18.3 Å². The largest absolute Gasteiger partial charge is 0.389 e. The van der Waals surface area contributed by atoms with E-state index in [1.807, 2.05) is 30.5 Å². The van der Waals surface area contributed by atoms with Crippen LogP contribution in [0.3, 0.4) is 0 Å². The van der Waals surface area contributed by atoms with Crippen LogP contribution in [0.15, 0.2) is 29.8 Å². The van der Waals surface area contributed by atoms with Gasteiger partial charge in [0.15, 0.2) is 0 Å². The minimum Gasteiger partial charge on any atom is -0.389 e.